The van der Waals surface area contributed by atoms with Crippen LogP contribution < -0.4 is 21.1 Å². The van der Waals surface area contributed by atoms with E-state index in [0.717, 1.165) is 32.1 Å². The summed E-state index contributed by atoms with van der Waals surface area (Å²) in [7, 11) is 1.56. The smallest absolute Gasteiger partial charge is 0.253 e. The van der Waals surface area contributed by atoms with Crippen molar-refractivity contribution in [3.63, 3.8) is 0 Å². The highest BCUT2D eigenvalue weighted by Crippen LogP contribution is 2.33. The number of ether oxygens (including phenoxy) is 1. The van der Waals surface area contributed by atoms with Gasteiger partial charge in [0.25, 0.3) is 5.91 Å². The van der Waals surface area contributed by atoms with Crippen LogP contribution in [0.5, 0.6) is 5.75 Å². The van der Waals surface area contributed by atoms with Crippen LogP contribution in [-0.4, -0.2) is 31.5 Å². The Bertz CT molecular complexity index is 628. The summed E-state index contributed by atoms with van der Waals surface area (Å²) in [6, 6.07) is 5.40. The van der Waals surface area contributed by atoms with E-state index >= 15 is 0 Å². The summed E-state index contributed by atoms with van der Waals surface area (Å²) in [6.07, 6.45) is 4.90. The Morgan fingerprint density at radius 2 is 2.04 bits per heavy atom. The fraction of sp³-hybridized carbons (Fsp3) is 0.556. The van der Waals surface area contributed by atoms with Gasteiger partial charge >= 0.3 is 0 Å². The lowest BCUT2D eigenvalue weighted by atomic mass is 9.95. The minimum absolute atomic E-state index is 0.0476. The van der Waals surface area contributed by atoms with Crippen molar-refractivity contribution in [1.82, 2.24) is 5.32 Å². The lowest BCUT2D eigenvalue weighted by molar-refractivity contribution is -0.120. The second kappa shape index (κ2) is 7.21. The zero-order valence-electron chi connectivity index (χ0n) is 14.0. The molecular weight excluding hydrogens is 306 g/mol. The summed E-state index contributed by atoms with van der Waals surface area (Å²) in [4.78, 5) is 25.1. The quantitative estimate of drug-likeness (QED) is 0.742. The van der Waals surface area contributed by atoms with Gasteiger partial charge < -0.3 is 21.1 Å². The number of carbonyl (C=O) groups is 2. The fourth-order valence-electron chi connectivity index (χ4n) is 3.33. The second-order valence-electron chi connectivity index (χ2n) is 6.68. The van der Waals surface area contributed by atoms with Crippen molar-refractivity contribution in [2.24, 2.45) is 17.6 Å². The standard InChI is InChI=1S/C18H25N3O3/c1-24-13-7-8-16(15(9-13)18(23)20-12-5-6-12)21-17(22)14-4-2-3-11(14)10-19/h7-9,11-12,14H,2-6,10,19H2,1H3,(H,20,23)(H,21,22)/t11-,14-/m1/s1. The van der Waals surface area contributed by atoms with Crippen molar-refractivity contribution in [3.05, 3.63) is 23.8 Å². The maximum absolute atomic E-state index is 12.6. The zero-order valence-corrected chi connectivity index (χ0v) is 14.0. The second-order valence-corrected chi connectivity index (χ2v) is 6.68. The molecule has 0 radical (unpaired) electrons. The van der Waals surface area contributed by atoms with Gasteiger partial charge in [0.1, 0.15) is 5.75 Å². The molecule has 2 atom stereocenters. The number of nitrogens with two attached hydrogens (primary N) is 1. The molecule has 24 heavy (non-hydrogen) atoms. The summed E-state index contributed by atoms with van der Waals surface area (Å²) in [5.41, 5.74) is 6.74. The van der Waals surface area contributed by atoms with Crippen LogP contribution in [0.15, 0.2) is 18.2 Å². The van der Waals surface area contributed by atoms with Gasteiger partial charge in [0.05, 0.1) is 18.4 Å². The van der Waals surface area contributed by atoms with Gasteiger partial charge in [-0.1, -0.05) is 6.42 Å². The van der Waals surface area contributed by atoms with Crippen molar-refractivity contribution < 1.29 is 14.3 Å². The monoisotopic (exact) mass is 331 g/mol. The van der Waals surface area contributed by atoms with E-state index in [1.54, 1.807) is 25.3 Å². The molecule has 2 fully saturated rings. The molecule has 2 saturated carbocycles. The van der Waals surface area contributed by atoms with Gasteiger partial charge in [-0.05, 0) is 56.3 Å². The molecule has 0 heterocycles. The number of nitrogens with one attached hydrogen (secondary N) is 2. The van der Waals surface area contributed by atoms with Crippen LogP contribution in [0.25, 0.3) is 0 Å². The SMILES string of the molecule is COc1ccc(NC(=O)[C@@H]2CCC[C@@H]2CN)c(C(=O)NC2CC2)c1. The normalized spacial score (nSPS) is 22.9. The van der Waals surface area contributed by atoms with E-state index in [1.807, 2.05) is 0 Å². The van der Waals surface area contributed by atoms with Crippen LogP contribution in [0.4, 0.5) is 5.69 Å². The third kappa shape index (κ3) is 3.70. The van der Waals surface area contributed by atoms with Gasteiger partial charge in [-0.3, -0.25) is 9.59 Å². The molecule has 2 aliphatic carbocycles. The molecule has 130 valence electrons. The van der Waals surface area contributed by atoms with Gasteiger partial charge in [0.15, 0.2) is 0 Å². The highest BCUT2D eigenvalue weighted by atomic mass is 16.5. The summed E-state index contributed by atoms with van der Waals surface area (Å²) in [5, 5.41) is 5.89. The number of anilines is 1. The molecule has 4 N–H and O–H groups in total. The lowest BCUT2D eigenvalue weighted by Gasteiger charge is -2.19. The Balaban J connectivity index is 1.78. The Kier molecular flexibility index (Phi) is 5.04. The van der Waals surface area contributed by atoms with E-state index in [4.69, 9.17) is 10.5 Å². The largest absolute Gasteiger partial charge is 0.497 e. The molecular formula is C18H25N3O3. The van der Waals surface area contributed by atoms with Crippen molar-refractivity contribution in [2.75, 3.05) is 19.0 Å². The summed E-state index contributed by atoms with van der Waals surface area (Å²) in [5.74, 6) is 0.528. The average Bonchev–Trinajstić information content (AvgIpc) is 3.27. The minimum Gasteiger partial charge on any atom is -0.497 e. The predicted octanol–water partition coefficient (Wildman–Crippen LogP) is 1.90. The fourth-order valence-corrected chi connectivity index (χ4v) is 3.33. The Morgan fingerprint density at radius 1 is 1.25 bits per heavy atom. The minimum atomic E-state index is -0.173. The van der Waals surface area contributed by atoms with Crippen LogP contribution in [0.2, 0.25) is 0 Å². The maximum Gasteiger partial charge on any atom is 0.253 e. The van der Waals surface area contributed by atoms with Gasteiger partial charge in [-0.15, -0.1) is 0 Å². The number of benzene rings is 1. The first-order valence-corrected chi connectivity index (χ1v) is 8.62. The highest BCUT2D eigenvalue weighted by Gasteiger charge is 2.32. The van der Waals surface area contributed by atoms with Gasteiger partial charge in [-0.25, -0.2) is 0 Å². The van der Waals surface area contributed by atoms with E-state index in [9.17, 15) is 9.59 Å². The molecule has 0 aromatic heterocycles. The zero-order chi connectivity index (χ0) is 17.1. The van der Waals surface area contributed by atoms with Crippen LogP contribution in [0, 0.1) is 11.8 Å². The molecule has 2 amide bonds. The van der Waals surface area contributed by atoms with Crippen molar-refractivity contribution in [1.29, 1.82) is 0 Å². The van der Waals surface area contributed by atoms with E-state index in [-0.39, 0.29) is 29.7 Å². The molecule has 2 aliphatic rings. The number of hydrogen-bond acceptors (Lipinski definition) is 4. The van der Waals surface area contributed by atoms with E-state index in [1.165, 1.54) is 0 Å². The van der Waals surface area contributed by atoms with Crippen LogP contribution >= 0.6 is 0 Å². The average molecular weight is 331 g/mol. The summed E-state index contributed by atoms with van der Waals surface area (Å²) >= 11 is 0. The Morgan fingerprint density at radius 3 is 2.71 bits per heavy atom. The molecule has 0 spiro atoms. The first kappa shape index (κ1) is 16.8. The number of hydrogen-bond donors (Lipinski definition) is 3. The third-order valence-electron chi connectivity index (χ3n) is 4.94. The summed E-state index contributed by atoms with van der Waals surface area (Å²) < 4.78 is 5.21. The molecule has 1 aromatic rings. The predicted molar refractivity (Wildman–Crippen MR) is 92.0 cm³/mol. The van der Waals surface area contributed by atoms with Crippen molar-refractivity contribution in [3.8, 4) is 5.75 Å². The first-order chi connectivity index (χ1) is 11.6. The maximum atomic E-state index is 12.6. The molecule has 6 heteroatoms. The molecule has 1 aromatic carbocycles. The lowest BCUT2D eigenvalue weighted by Crippen LogP contribution is -2.31. The molecule has 0 unspecified atom stereocenters. The number of amides is 2. The van der Waals surface area contributed by atoms with Crippen LogP contribution in [0.3, 0.4) is 0 Å². The van der Waals surface area contributed by atoms with Gasteiger partial charge in [0.2, 0.25) is 5.91 Å². The van der Waals surface area contributed by atoms with Crippen molar-refractivity contribution in [2.45, 2.75) is 38.1 Å². The number of rotatable bonds is 6. The molecule has 0 aliphatic heterocycles. The molecule has 3 rings (SSSR count). The van der Waals surface area contributed by atoms with Gasteiger partial charge in [0, 0.05) is 12.0 Å². The molecule has 0 saturated heterocycles. The Labute approximate surface area is 142 Å². The molecule has 6 nitrogen and oxygen atoms in total. The van der Waals surface area contributed by atoms with E-state index < -0.39 is 0 Å². The van der Waals surface area contributed by atoms with E-state index in [2.05, 4.69) is 10.6 Å². The number of methoxy groups -OCH3 is 1. The van der Waals surface area contributed by atoms with Crippen LogP contribution in [-0.2, 0) is 4.79 Å². The Hall–Kier alpha value is -2.08. The summed E-state index contributed by atoms with van der Waals surface area (Å²) in [6.45, 7) is 0.524. The number of carbonyl (C=O) groups excluding carboxylic acids is 2. The highest BCUT2D eigenvalue weighted by molar-refractivity contribution is 6.04. The first-order valence-electron chi connectivity index (χ1n) is 8.62. The topological polar surface area (TPSA) is 93.4 Å². The molecule has 0 bridgehead atoms. The third-order valence-corrected chi connectivity index (χ3v) is 4.94. The van der Waals surface area contributed by atoms with Crippen molar-refractivity contribution >= 4 is 17.5 Å². The van der Waals surface area contributed by atoms with Gasteiger partial charge in [-0.2, -0.15) is 0 Å². The van der Waals surface area contributed by atoms with E-state index in [0.29, 0.717) is 23.5 Å². The van der Waals surface area contributed by atoms with Crippen LogP contribution in [0.1, 0.15) is 42.5 Å².